The van der Waals surface area contributed by atoms with E-state index in [-0.39, 0.29) is 30.1 Å². The lowest BCUT2D eigenvalue weighted by atomic mass is 10.2. The van der Waals surface area contributed by atoms with Crippen LogP contribution in [0, 0.1) is 0 Å². The largest absolute Gasteiger partial charge is 0.478 e. The van der Waals surface area contributed by atoms with Crippen molar-refractivity contribution < 1.29 is 24.2 Å². The van der Waals surface area contributed by atoms with E-state index in [1.165, 1.54) is 6.92 Å². The van der Waals surface area contributed by atoms with Crippen molar-refractivity contribution in [2.24, 2.45) is 0 Å². The molecule has 0 fully saturated rings. The molecule has 0 radical (unpaired) electrons. The molecule has 2 N–H and O–H groups in total. The average molecular weight is 255 g/mol. The smallest absolute Gasteiger partial charge is 0.337 e. The van der Waals surface area contributed by atoms with Gasteiger partial charge in [-0.1, -0.05) is 6.58 Å². The van der Waals surface area contributed by atoms with Crippen molar-refractivity contribution in [3.05, 3.63) is 23.8 Å². The van der Waals surface area contributed by atoms with Crippen LogP contribution in [-0.2, 0) is 19.1 Å². The number of hydrogen-bond acceptors (Lipinski definition) is 4. The molecule has 0 spiro atoms. The molecule has 100 valence electrons. The van der Waals surface area contributed by atoms with Crippen molar-refractivity contribution in [1.29, 1.82) is 0 Å². The molecule has 6 heteroatoms. The van der Waals surface area contributed by atoms with Crippen LogP contribution < -0.4 is 5.32 Å². The summed E-state index contributed by atoms with van der Waals surface area (Å²) in [6, 6.07) is 0. The zero-order valence-electron chi connectivity index (χ0n) is 10.5. The number of esters is 1. The Balaban J connectivity index is 4.11. The first kappa shape index (κ1) is 15.9. The van der Waals surface area contributed by atoms with Crippen LogP contribution >= 0.6 is 0 Å². The van der Waals surface area contributed by atoms with E-state index in [4.69, 9.17) is 9.84 Å². The predicted molar refractivity (Wildman–Crippen MR) is 64.8 cm³/mol. The molecule has 0 aromatic heterocycles. The molecule has 0 aliphatic heterocycles. The monoisotopic (exact) mass is 255 g/mol. The molecule has 0 aromatic rings. The van der Waals surface area contributed by atoms with Gasteiger partial charge in [-0.3, -0.25) is 4.79 Å². The van der Waals surface area contributed by atoms with Gasteiger partial charge in [-0.2, -0.15) is 0 Å². The number of ether oxygens (including phenoxy) is 1. The maximum atomic E-state index is 11.3. The fraction of sp³-hybridized carbons (Fsp3) is 0.417. The highest BCUT2D eigenvalue weighted by molar-refractivity contribution is 5.95. The quantitative estimate of drug-likeness (QED) is 0.395. The second kappa shape index (κ2) is 8.05. The van der Waals surface area contributed by atoms with Gasteiger partial charge in [0.15, 0.2) is 0 Å². The number of aliphatic carboxylic acids is 1. The maximum Gasteiger partial charge on any atom is 0.337 e. The molecule has 0 heterocycles. The third-order valence-electron chi connectivity index (χ3n) is 1.93. The molecule has 0 unspecified atom stereocenters. The highest BCUT2D eigenvalue weighted by Crippen LogP contribution is 2.03. The molecular formula is C12H17NO5. The van der Waals surface area contributed by atoms with Gasteiger partial charge in [-0.15, -0.1) is 0 Å². The van der Waals surface area contributed by atoms with Crippen LogP contribution in [0.5, 0.6) is 0 Å². The van der Waals surface area contributed by atoms with Gasteiger partial charge in [0, 0.05) is 12.1 Å². The molecular weight excluding hydrogens is 238 g/mol. The van der Waals surface area contributed by atoms with E-state index in [0.717, 1.165) is 6.08 Å². The number of nitrogens with one attached hydrogen (secondary N) is 1. The Kier molecular flexibility index (Phi) is 7.11. The summed E-state index contributed by atoms with van der Waals surface area (Å²) in [5.41, 5.74) is -0.0773. The Bertz CT molecular complexity index is 384. The summed E-state index contributed by atoms with van der Waals surface area (Å²) in [6.07, 6.45) is 1.19. The van der Waals surface area contributed by atoms with Crippen molar-refractivity contribution in [2.45, 2.75) is 20.3 Å². The van der Waals surface area contributed by atoms with Crippen molar-refractivity contribution in [2.75, 3.05) is 13.2 Å². The molecule has 0 atom stereocenters. The second-order valence-electron chi connectivity index (χ2n) is 3.50. The van der Waals surface area contributed by atoms with E-state index in [0.29, 0.717) is 6.54 Å². The molecule has 0 aromatic carbocycles. The van der Waals surface area contributed by atoms with Crippen LogP contribution in [0.25, 0.3) is 0 Å². The van der Waals surface area contributed by atoms with Gasteiger partial charge < -0.3 is 15.2 Å². The van der Waals surface area contributed by atoms with E-state index in [1.807, 2.05) is 0 Å². The van der Waals surface area contributed by atoms with E-state index >= 15 is 0 Å². The zero-order chi connectivity index (χ0) is 14.1. The highest BCUT2D eigenvalue weighted by atomic mass is 16.5. The zero-order valence-corrected chi connectivity index (χ0v) is 10.5. The SMILES string of the molecule is C=C(C=C(C)C(=O)O)C(=O)OCCC(=O)NCC. The number of amides is 1. The van der Waals surface area contributed by atoms with E-state index in [9.17, 15) is 14.4 Å². The molecule has 18 heavy (non-hydrogen) atoms. The Morgan fingerprint density at radius 1 is 1.39 bits per heavy atom. The second-order valence-corrected chi connectivity index (χ2v) is 3.50. The number of rotatable bonds is 7. The first-order valence-corrected chi connectivity index (χ1v) is 5.42. The van der Waals surface area contributed by atoms with Gasteiger partial charge >= 0.3 is 11.9 Å². The lowest BCUT2D eigenvalue weighted by Gasteiger charge is -2.05. The van der Waals surface area contributed by atoms with Crippen LogP contribution in [-0.4, -0.2) is 36.1 Å². The predicted octanol–water partition coefficient (Wildman–Crippen LogP) is 0.643. The maximum absolute atomic E-state index is 11.3. The van der Waals surface area contributed by atoms with Gasteiger partial charge in [0.25, 0.3) is 0 Å². The molecule has 0 saturated heterocycles. The Morgan fingerprint density at radius 3 is 2.50 bits per heavy atom. The van der Waals surface area contributed by atoms with Crippen LogP contribution in [0.2, 0.25) is 0 Å². The Labute approximate surface area is 105 Å². The van der Waals surface area contributed by atoms with E-state index in [1.54, 1.807) is 6.92 Å². The molecule has 0 rings (SSSR count). The van der Waals surface area contributed by atoms with Crippen LogP contribution in [0.4, 0.5) is 0 Å². The van der Waals surface area contributed by atoms with Crippen molar-refractivity contribution in [3.63, 3.8) is 0 Å². The summed E-state index contributed by atoms with van der Waals surface area (Å²) in [4.78, 5) is 32.9. The van der Waals surface area contributed by atoms with Gasteiger partial charge in [0.05, 0.1) is 12.0 Å². The molecule has 1 amide bonds. The normalized spacial score (nSPS) is 10.7. The van der Waals surface area contributed by atoms with Gasteiger partial charge in [0.1, 0.15) is 6.61 Å². The van der Waals surface area contributed by atoms with Crippen molar-refractivity contribution in [3.8, 4) is 0 Å². The first-order valence-electron chi connectivity index (χ1n) is 5.42. The van der Waals surface area contributed by atoms with E-state index in [2.05, 4.69) is 11.9 Å². The molecule has 0 bridgehead atoms. The van der Waals surface area contributed by atoms with Crippen LogP contribution in [0.3, 0.4) is 0 Å². The Morgan fingerprint density at radius 2 is 2.00 bits per heavy atom. The summed E-state index contributed by atoms with van der Waals surface area (Å²) in [6.45, 7) is 6.97. The third-order valence-corrected chi connectivity index (χ3v) is 1.93. The van der Waals surface area contributed by atoms with Gasteiger partial charge in [-0.05, 0) is 19.9 Å². The lowest BCUT2D eigenvalue weighted by molar-refractivity contribution is -0.139. The van der Waals surface area contributed by atoms with Gasteiger partial charge in [-0.25, -0.2) is 9.59 Å². The Hall–Kier alpha value is -2.11. The molecule has 0 aliphatic rings. The van der Waals surface area contributed by atoms with Gasteiger partial charge in [0.2, 0.25) is 5.91 Å². The minimum absolute atomic E-state index is 0.0133. The molecule has 0 saturated carbocycles. The van der Waals surface area contributed by atoms with Crippen molar-refractivity contribution >= 4 is 17.8 Å². The minimum atomic E-state index is -1.13. The van der Waals surface area contributed by atoms with Crippen molar-refractivity contribution in [1.82, 2.24) is 5.32 Å². The number of carboxylic acid groups (broad SMARTS) is 1. The summed E-state index contributed by atoms with van der Waals surface area (Å²) in [5.74, 6) is -2.08. The first-order chi connectivity index (χ1) is 8.38. The number of carbonyl (C=O) groups is 3. The standard InChI is InChI=1S/C12H17NO5/c1-4-13-10(14)5-6-18-12(17)9(3)7-8(2)11(15)16/h7H,3-6H2,1-2H3,(H,13,14)(H,15,16). The highest BCUT2D eigenvalue weighted by Gasteiger charge is 2.09. The summed E-state index contributed by atoms with van der Waals surface area (Å²) < 4.78 is 4.76. The molecule has 0 aliphatic carbocycles. The number of carboxylic acids is 1. The summed E-state index contributed by atoms with van der Waals surface area (Å²) in [5, 5.41) is 11.2. The molecule has 6 nitrogen and oxygen atoms in total. The summed E-state index contributed by atoms with van der Waals surface area (Å²) >= 11 is 0. The fourth-order valence-electron chi connectivity index (χ4n) is 0.997. The lowest BCUT2D eigenvalue weighted by Crippen LogP contribution is -2.24. The fourth-order valence-corrected chi connectivity index (χ4v) is 0.997. The minimum Gasteiger partial charge on any atom is -0.478 e. The number of hydrogen-bond donors (Lipinski definition) is 2. The average Bonchev–Trinajstić information content (AvgIpc) is 2.28. The van der Waals surface area contributed by atoms with Crippen LogP contribution in [0.1, 0.15) is 20.3 Å². The number of carbonyl (C=O) groups excluding carboxylic acids is 2. The van der Waals surface area contributed by atoms with Crippen LogP contribution in [0.15, 0.2) is 23.8 Å². The third kappa shape index (κ3) is 6.47. The summed E-state index contributed by atoms with van der Waals surface area (Å²) in [7, 11) is 0. The topological polar surface area (TPSA) is 92.7 Å². The van der Waals surface area contributed by atoms with E-state index < -0.39 is 11.9 Å².